The number of hydrogen-bond acceptors (Lipinski definition) is 2. The molecule has 2 aromatic rings. The van der Waals surface area contributed by atoms with Gasteiger partial charge in [0.2, 0.25) is 0 Å². The molecule has 0 spiro atoms. The Kier molecular flexibility index (Phi) is 6.27. The van der Waals surface area contributed by atoms with Gasteiger partial charge < -0.3 is 10.1 Å². The van der Waals surface area contributed by atoms with Crippen molar-refractivity contribution in [3.05, 3.63) is 62.5 Å². The van der Waals surface area contributed by atoms with Gasteiger partial charge in [0.1, 0.15) is 12.4 Å². The Morgan fingerprint density at radius 1 is 1.10 bits per heavy atom. The number of rotatable bonds is 6. The van der Waals surface area contributed by atoms with Crippen molar-refractivity contribution in [2.45, 2.75) is 26.5 Å². The summed E-state index contributed by atoms with van der Waals surface area (Å²) in [5.74, 6) is 0.923. The van der Waals surface area contributed by atoms with Crippen LogP contribution in [0.4, 0.5) is 0 Å². The van der Waals surface area contributed by atoms with Gasteiger partial charge in [-0.15, -0.1) is 0 Å². The highest BCUT2D eigenvalue weighted by Gasteiger charge is 2.11. The van der Waals surface area contributed by atoms with Gasteiger partial charge in [0.25, 0.3) is 0 Å². The number of hydrogen-bond donors (Lipinski definition) is 1. The van der Waals surface area contributed by atoms with Crippen molar-refractivity contribution in [2.24, 2.45) is 0 Å². The molecule has 0 heterocycles. The lowest BCUT2D eigenvalue weighted by Gasteiger charge is -2.18. The maximum Gasteiger partial charge on any atom is 0.124 e. The standard InChI is InChI=1S/C17H19Br2NO/c1-3-20-12(2)16-10-15(19)7-8-17(16)21-11-13-5-4-6-14(18)9-13/h4-10,12,20H,3,11H2,1-2H3. The summed E-state index contributed by atoms with van der Waals surface area (Å²) in [5.41, 5.74) is 2.32. The lowest BCUT2D eigenvalue weighted by Crippen LogP contribution is -2.18. The van der Waals surface area contributed by atoms with E-state index in [1.54, 1.807) is 0 Å². The molecular formula is C17H19Br2NO. The highest BCUT2D eigenvalue weighted by molar-refractivity contribution is 9.10. The van der Waals surface area contributed by atoms with Crippen molar-refractivity contribution < 1.29 is 4.74 Å². The number of halogens is 2. The van der Waals surface area contributed by atoms with E-state index >= 15 is 0 Å². The fourth-order valence-electron chi connectivity index (χ4n) is 2.19. The Hall–Kier alpha value is -0.840. The predicted molar refractivity (Wildman–Crippen MR) is 94.7 cm³/mol. The molecule has 0 aliphatic rings. The van der Waals surface area contributed by atoms with E-state index in [4.69, 9.17) is 4.74 Å². The van der Waals surface area contributed by atoms with Crippen LogP contribution >= 0.6 is 31.9 Å². The van der Waals surface area contributed by atoms with Crippen LogP contribution in [0, 0.1) is 0 Å². The van der Waals surface area contributed by atoms with Crippen molar-refractivity contribution in [3.8, 4) is 5.75 Å². The Morgan fingerprint density at radius 3 is 2.57 bits per heavy atom. The Bertz CT molecular complexity index is 601. The Morgan fingerprint density at radius 2 is 1.86 bits per heavy atom. The third kappa shape index (κ3) is 4.83. The van der Waals surface area contributed by atoms with Gasteiger partial charge in [0, 0.05) is 20.6 Å². The normalized spacial score (nSPS) is 12.2. The lowest BCUT2D eigenvalue weighted by molar-refractivity contribution is 0.299. The summed E-state index contributed by atoms with van der Waals surface area (Å²) >= 11 is 7.02. The van der Waals surface area contributed by atoms with Gasteiger partial charge in [0.05, 0.1) is 0 Å². The summed E-state index contributed by atoms with van der Waals surface area (Å²) in [6.07, 6.45) is 0. The molecule has 2 aromatic carbocycles. The smallest absolute Gasteiger partial charge is 0.124 e. The molecule has 0 fully saturated rings. The molecule has 0 amide bonds. The van der Waals surface area contributed by atoms with E-state index in [9.17, 15) is 0 Å². The van der Waals surface area contributed by atoms with Crippen LogP contribution in [0.5, 0.6) is 5.75 Å². The zero-order valence-electron chi connectivity index (χ0n) is 12.2. The molecule has 2 nitrogen and oxygen atoms in total. The van der Waals surface area contributed by atoms with E-state index in [0.29, 0.717) is 6.61 Å². The summed E-state index contributed by atoms with van der Waals surface area (Å²) in [6, 6.07) is 14.6. The zero-order chi connectivity index (χ0) is 15.2. The van der Waals surface area contributed by atoms with E-state index < -0.39 is 0 Å². The molecule has 21 heavy (non-hydrogen) atoms. The van der Waals surface area contributed by atoms with Gasteiger partial charge in [-0.3, -0.25) is 0 Å². The molecule has 0 bridgehead atoms. The average molecular weight is 413 g/mol. The van der Waals surface area contributed by atoms with Crippen molar-refractivity contribution >= 4 is 31.9 Å². The fourth-order valence-corrected chi connectivity index (χ4v) is 3.02. The van der Waals surface area contributed by atoms with Crippen LogP contribution in [0.25, 0.3) is 0 Å². The fraction of sp³-hybridized carbons (Fsp3) is 0.294. The molecule has 0 aromatic heterocycles. The lowest BCUT2D eigenvalue weighted by atomic mass is 10.1. The highest BCUT2D eigenvalue weighted by Crippen LogP contribution is 2.29. The van der Waals surface area contributed by atoms with Crippen molar-refractivity contribution in [2.75, 3.05) is 6.54 Å². The first kappa shape index (κ1) is 16.5. The van der Waals surface area contributed by atoms with Crippen LogP contribution in [-0.4, -0.2) is 6.54 Å². The quantitative estimate of drug-likeness (QED) is 0.679. The summed E-state index contributed by atoms with van der Waals surface area (Å²) in [5, 5.41) is 3.43. The average Bonchev–Trinajstić information content (AvgIpc) is 2.46. The maximum absolute atomic E-state index is 6.02. The molecule has 112 valence electrons. The second-order valence-electron chi connectivity index (χ2n) is 4.88. The second-order valence-corrected chi connectivity index (χ2v) is 6.71. The SMILES string of the molecule is CCNC(C)c1cc(Br)ccc1OCc1cccc(Br)c1. The molecule has 0 saturated carbocycles. The van der Waals surface area contributed by atoms with E-state index in [-0.39, 0.29) is 6.04 Å². The number of ether oxygens (including phenoxy) is 1. The van der Waals surface area contributed by atoms with E-state index in [1.165, 1.54) is 5.56 Å². The maximum atomic E-state index is 6.02. The molecule has 4 heteroatoms. The van der Waals surface area contributed by atoms with E-state index in [1.807, 2.05) is 24.3 Å². The molecule has 1 atom stereocenters. The van der Waals surface area contributed by atoms with Crippen LogP contribution < -0.4 is 10.1 Å². The molecule has 0 saturated heterocycles. The predicted octanol–water partition coefficient (Wildman–Crippen LogP) is 5.46. The Labute approximate surface area is 143 Å². The summed E-state index contributed by atoms with van der Waals surface area (Å²) in [4.78, 5) is 0. The van der Waals surface area contributed by atoms with Gasteiger partial charge in [-0.25, -0.2) is 0 Å². The molecule has 1 N–H and O–H groups in total. The molecule has 0 aliphatic heterocycles. The van der Waals surface area contributed by atoms with Gasteiger partial charge >= 0.3 is 0 Å². The minimum absolute atomic E-state index is 0.255. The zero-order valence-corrected chi connectivity index (χ0v) is 15.4. The van der Waals surface area contributed by atoms with Crippen LogP contribution in [0.3, 0.4) is 0 Å². The van der Waals surface area contributed by atoms with Gasteiger partial charge in [-0.2, -0.15) is 0 Å². The van der Waals surface area contributed by atoms with Gasteiger partial charge in [0.15, 0.2) is 0 Å². The first-order valence-electron chi connectivity index (χ1n) is 7.00. The third-order valence-corrected chi connectivity index (χ3v) is 4.22. The first-order valence-corrected chi connectivity index (χ1v) is 8.59. The molecular weight excluding hydrogens is 394 g/mol. The number of nitrogens with one attached hydrogen (secondary N) is 1. The van der Waals surface area contributed by atoms with Crippen molar-refractivity contribution in [1.29, 1.82) is 0 Å². The van der Waals surface area contributed by atoms with Crippen molar-refractivity contribution in [3.63, 3.8) is 0 Å². The summed E-state index contributed by atoms with van der Waals surface area (Å²) in [7, 11) is 0. The van der Waals surface area contributed by atoms with Crippen molar-refractivity contribution in [1.82, 2.24) is 5.32 Å². The largest absolute Gasteiger partial charge is 0.489 e. The van der Waals surface area contributed by atoms with Crippen LogP contribution in [0.2, 0.25) is 0 Å². The van der Waals surface area contributed by atoms with E-state index in [0.717, 1.165) is 26.8 Å². The molecule has 0 aliphatic carbocycles. The Balaban J connectivity index is 2.15. The summed E-state index contributed by atoms with van der Waals surface area (Å²) in [6.45, 7) is 5.75. The van der Waals surface area contributed by atoms with E-state index in [2.05, 4.69) is 69.2 Å². The highest BCUT2D eigenvalue weighted by atomic mass is 79.9. The molecule has 2 rings (SSSR count). The third-order valence-electron chi connectivity index (χ3n) is 3.23. The minimum Gasteiger partial charge on any atom is -0.489 e. The molecule has 0 radical (unpaired) electrons. The van der Waals surface area contributed by atoms with Gasteiger partial charge in [-0.05, 0) is 49.4 Å². The van der Waals surface area contributed by atoms with Crippen LogP contribution in [0.1, 0.15) is 31.0 Å². The minimum atomic E-state index is 0.255. The summed E-state index contributed by atoms with van der Waals surface area (Å²) < 4.78 is 8.16. The van der Waals surface area contributed by atoms with Gasteiger partial charge in [-0.1, -0.05) is 50.9 Å². The number of benzene rings is 2. The van der Waals surface area contributed by atoms with Crippen LogP contribution in [0.15, 0.2) is 51.4 Å². The second kappa shape index (κ2) is 7.97. The molecule has 1 unspecified atom stereocenters. The van der Waals surface area contributed by atoms with Crippen LogP contribution in [-0.2, 0) is 6.61 Å². The first-order chi connectivity index (χ1) is 10.1. The topological polar surface area (TPSA) is 21.3 Å². The monoisotopic (exact) mass is 411 g/mol.